The standard InChI is InChI=1S/C51H29N3O2/c1-2-11-30(12-3-1)49-52-50(33-23-25-40-39-17-8-9-19-44(39)55-46(40)29-33)54-51(53-49)42-18-10-20-45-48(42)41-26-22-32(28-47(41)56-45)31-21-24-38-36-15-5-4-13-34(36)35-14-6-7-16-37(35)43(38)27-31/h1-29H. The molecular weight excluding hydrogens is 687 g/mol. The first-order valence-corrected chi connectivity index (χ1v) is 18.8. The fourth-order valence-electron chi connectivity index (χ4n) is 8.49. The third-order valence-corrected chi connectivity index (χ3v) is 11.1. The van der Waals surface area contributed by atoms with Gasteiger partial charge in [0.1, 0.15) is 22.3 Å². The lowest BCUT2D eigenvalue weighted by Crippen LogP contribution is -2.00. The topological polar surface area (TPSA) is 65.0 Å². The van der Waals surface area contributed by atoms with Crippen molar-refractivity contribution in [2.24, 2.45) is 0 Å². The van der Waals surface area contributed by atoms with Crippen molar-refractivity contribution in [3.63, 3.8) is 0 Å². The molecule has 5 heteroatoms. The first kappa shape index (κ1) is 30.8. The summed E-state index contributed by atoms with van der Waals surface area (Å²) in [5, 5.41) is 11.7. The number of aromatic nitrogens is 3. The molecule has 12 aromatic rings. The van der Waals surface area contributed by atoms with Gasteiger partial charge in [-0.05, 0) is 85.9 Å². The van der Waals surface area contributed by atoms with E-state index in [0.717, 1.165) is 71.7 Å². The highest BCUT2D eigenvalue weighted by Crippen LogP contribution is 2.41. The van der Waals surface area contributed by atoms with Crippen LogP contribution in [0.15, 0.2) is 185 Å². The minimum absolute atomic E-state index is 0.569. The van der Waals surface area contributed by atoms with Crippen molar-refractivity contribution in [2.75, 3.05) is 0 Å². The number of para-hydroxylation sites is 1. The molecule has 3 aromatic heterocycles. The van der Waals surface area contributed by atoms with Crippen LogP contribution in [0.25, 0.3) is 121 Å². The molecule has 0 unspecified atom stereocenters. The van der Waals surface area contributed by atoms with Crippen molar-refractivity contribution >= 4 is 76.2 Å². The molecule has 0 aliphatic rings. The van der Waals surface area contributed by atoms with Crippen molar-refractivity contribution in [1.29, 1.82) is 0 Å². The maximum atomic E-state index is 6.62. The van der Waals surface area contributed by atoms with E-state index in [2.05, 4.69) is 109 Å². The first-order valence-electron chi connectivity index (χ1n) is 18.8. The monoisotopic (exact) mass is 715 g/mol. The van der Waals surface area contributed by atoms with Crippen LogP contribution in [-0.2, 0) is 0 Å². The molecule has 0 atom stereocenters. The van der Waals surface area contributed by atoms with Crippen LogP contribution in [0.4, 0.5) is 0 Å². The summed E-state index contributed by atoms with van der Waals surface area (Å²) in [5.41, 5.74) is 8.09. The summed E-state index contributed by atoms with van der Waals surface area (Å²) in [6, 6.07) is 61.1. The quantitative estimate of drug-likeness (QED) is 0.170. The summed E-state index contributed by atoms with van der Waals surface area (Å²) in [6.07, 6.45) is 0. The third kappa shape index (κ3) is 4.71. The zero-order valence-corrected chi connectivity index (χ0v) is 29.9. The maximum Gasteiger partial charge on any atom is 0.164 e. The Balaban J connectivity index is 1.02. The lowest BCUT2D eigenvalue weighted by molar-refractivity contribution is 0.668. The lowest BCUT2D eigenvalue weighted by Gasteiger charge is -2.12. The van der Waals surface area contributed by atoms with E-state index in [-0.39, 0.29) is 0 Å². The van der Waals surface area contributed by atoms with Gasteiger partial charge in [0, 0.05) is 38.2 Å². The van der Waals surface area contributed by atoms with Crippen LogP contribution in [-0.4, -0.2) is 15.0 Å². The van der Waals surface area contributed by atoms with Crippen molar-refractivity contribution in [3.05, 3.63) is 176 Å². The van der Waals surface area contributed by atoms with Gasteiger partial charge in [-0.3, -0.25) is 0 Å². The second kappa shape index (κ2) is 11.9. The normalized spacial score (nSPS) is 11.9. The maximum absolute atomic E-state index is 6.62. The molecule has 9 aromatic carbocycles. The van der Waals surface area contributed by atoms with Gasteiger partial charge in [0.05, 0.1) is 0 Å². The van der Waals surface area contributed by atoms with E-state index in [4.69, 9.17) is 23.8 Å². The van der Waals surface area contributed by atoms with Crippen molar-refractivity contribution in [2.45, 2.75) is 0 Å². The van der Waals surface area contributed by atoms with Crippen LogP contribution in [0, 0.1) is 0 Å². The molecule has 0 saturated heterocycles. The summed E-state index contributed by atoms with van der Waals surface area (Å²) in [5.74, 6) is 1.74. The van der Waals surface area contributed by atoms with Gasteiger partial charge in [-0.1, -0.05) is 133 Å². The molecule has 0 radical (unpaired) electrons. The Hall–Kier alpha value is -7.63. The first-order chi connectivity index (χ1) is 27.7. The third-order valence-electron chi connectivity index (χ3n) is 11.1. The highest BCUT2D eigenvalue weighted by Gasteiger charge is 2.19. The SMILES string of the molecule is c1ccc(-c2nc(-c3ccc4c(c3)oc3ccccc34)nc(-c3cccc4oc5cc(-c6ccc7c8ccccc8c8ccccc8c7c6)ccc5c34)n2)cc1. The molecule has 12 rings (SSSR count). The van der Waals surface area contributed by atoms with E-state index in [9.17, 15) is 0 Å². The molecule has 0 aliphatic carbocycles. The van der Waals surface area contributed by atoms with Crippen LogP contribution >= 0.6 is 0 Å². The largest absolute Gasteiger partial charge is 0.456 e. The number of hydrogen-bond donors (Lipinski definition) is 0. The van der Waals surface area contributed by atoms with Gasteiger partial charge in [0.15, 0.2) is 17.5 Å². The molecule has 0 N–H and O–H groups in total. The minimum Gasteiger partial charge on any atom is -0.456 e. The molecular formula is C51H29N3O2. The average Bonchev–Trinajstić information content (AvgIpc) is 3.84. The zero-order valence-electron chi connectivity index (χ0n) is 29.9. The molecule has 0 spiro atoms. The van der Waals surface area contributed by atoms with E-state index < -0.39 is 0 Å². The predicted molar refractivity (Wildman–Crippen MR) is 229 cm³/mol. The summed E-state index contributed by atoms with van der Waals surface area (Å²) in [6.45, 7) is 0. The Morgan fingerprint density at radius 2 is 0.750 bits per heavy atom. The van der Waals surface area contributed by atoms with E-state index >= 15 is 0 Å². The Bertz CT molecular complexity index is 3510. The van der Waals surface area contributed by atoms with Crippen molar-refractivity contribution < 1.29 is 8.83 Å². The fraction of sp³-hybridized carbons (Fsp3) is 0. The van der Waals surface area contributed by atoms with Gasteiger partial charge in [-0.25, -0.2) is 15.0 Å². The molecule has 0 saturated carbocycles. The minimum atomic E-state index is 0.569. The Morgan fingerprint density at radius 3 is 1.52 bits per heavy atom. The van der Waals surface area contributed by atoms with Crippen LogP contribution in [0.3, 0.4) is 0 Å². The molecule has 56 heavy (non-hydrogen) atoms. The van der Waals surface area contributed by atoms with Gasteiger partial charge < -0.3 is 8.83 Å². The van der Waals surface area contributed by atoms with Gasteiger partial charge in [-0.15, -0.1) is 0 Å². The van der Waals surface area contributed by atoms with Gasteiger partial charge in [0.2, 0.25) is 0 Å². The molecule has 260 valence electrons. The second-order valence-electron chi connectivity index (χ2n) is 14.3. The molecule has 5 nitrogen and oxygen atoms in total. The molecule has 3 heterocycles. The molecule has 0 amide bonds. The second-order valence-corrected chi connectivity index (χ2v) is 14.3. The number of nitrogens with zero attached hydrogens (tertiary/aromatic N) is 3. The highest BCUT2D eigenvalue weighted by atomic mass is 16.3. The molecule has 0 aliphatic heterocycles. The van der Waals surface area contributed by atoms with Crippen LogP contribution in [0.1, 0.15) is 0 Å². The molecule has 0 fully saturated rings. The van der Waals surface area contributed by atoms with Crippen molar-refractivity contribution in [3.8, 4) is 45.3 Å². The number of fused-ring (bicyclic) bond motifs is 12. The Morgan fingerprint density at radius 1 is 0.268 bits per heavy atom. The number of hydrogen-bond acceptors (Lipinski definition) is 5. The van der Waals surface area contributed by atoms with Crippen molar-refractivity contribution in [1.82, 2.24) is 15.0 Å². The van der Waals surface area contributed by atoms with Gasteiger partial charge in [0.25, 0.3) is 0 Å². The number of furan rings is 2. The zero-order chi connectivity index (χ0) is 36.7. The highest BCUT2D eigenvalue weighted by molar-refractivity contribution is 6.26. The van der Waals surface area contributed by atoms with E-state index in [1.54, 1.807) is 0 Å². The molecule has 0 bridgehead atoms. The summed E-state index contributed by atoms with van der Waals surface area (Å²) in [7, 11) is 0. The van der Waals surface area contributed by atoms with Gasteiger partial charge >= 0.3 is 0 Å². The van der Waals surface area contributed by atoms with E-state index in [0.29, 0.717) is 17.5 Å². The Kier molecular flexibility index (Phi) is 6.56. The lowest BCUT2D eigenvalue weighted by atomic mass is 9.92. The van der Waals surface area contributed by atoms with Crippen LogP contribution in [0.5, 0.6) is 0 Å². The smallest absolute Gasteiger partial charge is 0.164 e. The van der Waals surface area contributed by atoms with E-state index in [1.807, 2.05) is 66.7 Å². The number of rotatable bonds is 4. The van der Waals surface area contributed by atoms with Crippen LogP contribution < -0.4 is 0 Å². The summed E-state index contributed by atoms with van der Waals surface area (Å²) < 4.78 is 12.9. The van der Waals surface area contributed by atoms with Gasteiger partial charge in [-0.2, -0.15) is 0 Å². The van der Waals surface area contributed by atoms with E-state index in [1.165, 1.54) is 32.3 Å². The summed E-state index contributed by atoms with van der Waals surface area (Å²) >= 11 is 0. The Labute approximate surface area is 320 Å². The number of benzene rings is 9. The predicted octanol–water partition coefficient (Wildman–Crippen LogP) is 13.8. The van der Waals surface area contributed by atoms with Crippen LogP contribution in [0.2, 0.25) is 0 Å². The fourth-order valence-corrected chi connectivity index (χ4v) is 8.49. The average molecular weight is 716 g/mol. The summed E-state index contributed by atoms with van der Waals surface area (Å²) in [4.78, 5) is 15.2.